The summed E-state index contributed by atoms with van der Waals surface area (Å²) in [6, 6.07) is 1.56. The number of anilines is 1. The van der Waals surface area contributed by atoms with E-state index in [1.807, 2.05) is 0 Å². The fraction of sp³-hybridized carbons (Fsp3) is 0. The van der Waals surface area contributed by atoms with Crippen molar-refractivity contribution in [1.82, 2.24) is 10.2 Å². The van der Waals surface area contributed by atoms with Crippen molar-refractivity contribution >= 4 is 5.82 Å². The molecule has 0 aliphatic heterocycles. The van der Waals surface area contributed by atoms with Crippen molar-refractivity contribution in [3.63, 3.8) is 0 Å². The number of halogens is 2. The minimum atomic E-state index is -1.02. The number of rotatable bonds is 1. The van der Waals surface area contributed by atoms with Gasteiger partial charge in [-0.25, -0.2) is 8.78 Å². The van der Waals surface area contributed by atoms with E-state index in [1.54, 1.807) is 0 Å². The summed E-state index contributed by atoms with van der Waals surface area (Å²) in [5.41, 5.74) is 5.75. The topological polar surface area (TPSA) is 74.9 Å². The van der Waals surface area contributed by atoms with Crippen molar-refractivity contribution in [2.75, 3.05) is 5.73 Å². The minimum absolute atomic E-state index is 0.000139. The number of nitrogens with two attached hydrogens (primary N) is 1. The van der Waals surface area contributed by atoms with Gasteiger partial charge in [0, 0.05) is 17.2 Å². The van der Waals surface area contributed by atoms with E-state index in [0.717, 1.165) is 6.07 Å². The molecule has 0 radical (unpaired) electrons. The van der Waals surface area contributed by atoms with Crippen molar-refractivity contribution in [2.45, 2.75) is 0 Å². The lowest BCUT2D eigenvalue weighted by molar-refractivity contribution is 0.428. The molecule has 0 atom stereocenters. The number of hydrogen-bond donors (Lipinski definition) is 3. The summed E-state index contributed by atoms with van der Waals surface area (Å²) in [6.07, 6.45) is 1.30. The van der Waals surface area contributed by atoms with Gasteiger partial charge in [0.25, 0.3) is 0 Å². The maximum absolute atomic E-state index is 13.3. The fourth-order valence-corrected chi connectivity index (χ4v) is 1.25. The maximum atomic E-state index is 13.3. The number of phenolic OH excluding ortho intramolecular Hbond substituents is 1. The number of nitrogens with one attached hydrogen (secondary N) is 1. The lowest BCUT2D eigenvalue weighted by Gasteiger charge is -2.03. The summed E-state index contributed by atoms with van der Waals surface area (Å²) < 4.78 is 26.1. The number of aromatic hydroxyl groups is 1. The smallest absolute Gasteiger partial charge is 0.167 e. The first-order chi connectivity index (χ1) is 7.09. The number of benzene rings is 1. The molecule has 78 valence electrons. The Morgan fingerprint density at radius 3 is 2.53 bits per heavy atom. The van der Waals surface area contributed by atoms with Gasteiger partial charge in [-0.2, -0.15) is 5.10 Å². The zero-order chi connectivity index (χ0) is 11.0. The first-order valence-electron chi connectivity index (χ1n) is 4.07. The first-order valence-corrected chi connectivity index (χ1v) is 4.07. The highest BCUT2D eigenvalue weighted by molar-refractivity contribution is 5.74. The van der Waals surface area contributed by atoms with Crippen molar-refractivity contribution in [3.8, 4) is 16.9 Å². The van der Waals surface area contributed by atoms with E-state index in [-0.39, 0.29) is 16.9 Å². The molecule has 0 amide bonds. The Hall–Kier alpha value is -2.11. The van der Waals surface area contributed by atoms with Crippen LogP contribution in [0.15, 0.2) is 18.3 Å². The molecular formula is C9H7F2N3O. The summed E-state index contributed by atoms with van der Waals surface area (Å²) in [6.45, 7) is 0. The van der Waals surface area contributed by atoms with Crippen LogP contribution in [0.5, 0.6) is 5.75 Å². The molecule has 4 nitrogen and oxygen atoms in total. The Kier molecular flexibility index (Phi) is 2.03. The number of nitrogen functional groups attached to an aromatic ring is 1. The summed E-state index contributed by atoms with van der Waals surface area (Å²) in [4.78, 5) is 0. The van der Waals surface area contributed by atoms with Crippen LogP contribution in [0.25, 0.3) is 11.1 Å². The second-order valence-electron chi connectivity index (χ2n) is 2.98. The predicted octanol–water partition coefficient (Wildman–Crippen LogP) is 1.64. The number of hydrogen-bond acceptors (Lipinski definition) is 3. The molecule has 2 aromatic rings. The highest BCUT2D eigenvalue weighted by atomic mass is 19.1. The van der Waals surface area contributed by atoms with Crippen LogP contribution in [0.2, 0.25) is 0 Å². The maximum Gasteiger partial charge on any atom is 0.167 e. The Morgan fingerprint density at radius 2 is 1.93 bits per heavy atom. The Morgan fingerprint density at radius 1 is 1.20 bits per heavy atom. The van der Waals surface area contributed by atoms with E-state index < -0.39 is 17.4 Å². The van der Waals surface area contributed by atoms with E-state index in [9.17, 15) is 8.78 Å². The number of aromatic nitrogens is 2. The molecule has 15 heavy (non-hydrogen) atoms. The van der Waals surface area contributed by atoms with Gasteiger partial charge in [-0.05, 0) is 6.07 Å². The largest absolute Gasteiger partial charge is 0.505 e. The van der Waals surface area contributed by atoms with E-state index >= 15 is 0 Å². The molecule has 0 unspecified atom stereocenters. The second-order valence-corrected chi connectivity index (χ2v) is 2.98. The normalized spacial score (nSPS) is 10.5. The zero-order valence-electron chi connectivity index (χ0n) is 7.46. The highest BCUT2D eigenvalue weighted by Crippen LogP contribution is 2.30. The molecule has 0 aliphatic carbocycles. The van der Waals surface area contributed by atoms with Crippen molar-refractivity contribution in [2.24, 2.45) is 0 Å². The van der Waals surface area contributed by atoms with Crippen LogP contribution in [-0.2, 0) is 0 Å². The number of H-pyrrole nitrogens is 1. The lowest BCUT2D eigenvalue weighted by Crippen LogP contribution is -1.91. The third-order valence-corrected chi connectivity index (χ3v) is 2.00. The van der Waals surface area contributed by atoms with Gasteiger partial charge in [0.15, 0.2) is 11.6 Å². The molecule has 0 fully saturated rings. The van der Waals surface area contributed by atoms with Crippen molar-refractivity contribution < 1.29 is 13.9 Å². The Balaban J connectivity index is 2.64. The van der Waals surface area contributed by atoms with E-state index in [1.165, 1.54) is 6.20 Å². The Bertz CT molecular complexity index is 510. The van der Waals surface area contributed by atoms with Crippen LogP contribution in [-0.4, -0.2) is 15.3 Å². The molecule has 2 rings (SSSR count). The summed E-state index contributed by atoms with van der Waals surface area (Å²) in [7, 11) is 0. The van der Waals surface area contributed by atoms with Gasteiger partial charge in [0.05, 0.1) is 6.20 Å². The standard InChI is InChI=1S/C9H7F2N3O/c10-6-2-7(11)8(15)1-4(6)5-3-13-14-9(5)12/h1-3,15H,(H3,12,13,14). The van der Waals surface area contributed by atoms with Gasteiger partial charge in [-0.3, -0.25) is 5.10 Å². The van der Waals surface area contributed by atoms with E-state index in [4.69, 9.17) is 10.8 Å². The van der Waals surface area contributed by atoms with Crippen LogP contribution in [0.3, 0.4) is 0 Å². The molecule has 6 heteroatoms. The molecule has 1 heterocycles. The summed E-state index contributed by atoms with van der Waals surface area (Å²) in [5.74, 6) is -2.30. The number of aromatic amines is 1. The minimum Gasteiger partial charge on any atom is -0.505 e. The van der Waals surface area contributed by atoms with Crippen LogP contribution in [0, 0.1) is 11.6 Å². The molecule has 1 aromatic heterocycles. The van der Waals surface area contributed by atoms with Crippen LogP contribution in [0.1, 0.15) is 0 Å². The average molecular weight is 211 g/mol. The van der Waals surface area contributed by atoms with Crippen LogP contribution in [0.4, 0.5) is 14.6 Å². The van der Waals surface area contributed by atoms with Crippen molar-refractivity contribution in [1.29, 1.82) is 0 Å². The Labute approximate surface area is 83.4 Å². The molecule has 0 saturated carbocycles. The second kappa shape index (κ2) is 3.23. The van der Waals surface area contributed by atoms with Gasteiger partial charge in [0.1, 0.15) is 11.6 Å². The predicted molar refractivity (Wildman–Crippen MR) is 50.0 cm³/mol. The quantitative estimate of drug-likeness (QED) is 0.671. The zero-order valence-corrected chi connectivity index (χ0v) is 7.46. The van der Waals surface area contributed by atoms with Gasteiger partial charge < -0.3 is 10.8 Å². The van der Waals surface area contributed by atoms with Gasteiger partial charge in [-0.1, -0.05) is 0 Å². The van der Waals surface area contributed by atoms with Crippen molar-refractivity contribution in [3.05, 3.63) is 30.0 Å². The van der Waals surface area contributed by atoms with E-state index in [2.05, 4.69) is 10.2 Å². The molecule has 0 saturated heterocycles. The van der Waals surface area contributed by atoms with Crippen LogP contribution < -0.4 is 5.73 Å². The lowest BCUT2D eigenvalue weighted by atomic mass is 10.1. The molecule has 0 bridgehead atoms. The third kappa shape index (κ3) is 1.50. The average Bonchev–Trinajstić information content (AvgIpc) is 2.58. The first kappa shape index (κ1) is 9.45. The summed E-state index contributed by atoms with van der Waals surface area (Å²) in [5, 5.41) is 15.1. The van der Waals surface area contributed by atoms with Gasteiger partial charge in [0.2, 0.25) is 0 Å². The highest BCUT2D eigenvalue weighted by Gasteiger charge is 2.13. The number of nitrogens with zero attached hydrogens (tertiary/aromatic N) is 1. The molecule has 0 spiro atoms. The summed E-state index contributed by atoms with van der Waals surface area (Å²) >= 11 is 0. The molecular weight excluding hydrogens is 204 g/mol. The fourth-order valence-electron chi connectivity index (χ4n) is 1.25. The number of phenols is 1. The van der Waals surface area contributed by atoms with Gasteiger partial charge >= 0.3 is 0 Å². The monoisotopic (exact) mass is 211 g/mol. The molecule has 4 N–H and O–H groups in total. The van der Waals surface area contributed by atoms with E-state index in [0.29, 0.717) is 6.07 Å². The third-order valence-electron chi connectivity index (χ3n) is 2.00. The van der Waals surface area contributed by atoms with Crippen LogP contribution >= 0.6 is 0 Å². The molecule has 0 aliphatic rings. The molecule has 1 aromatic carbocycles. The SMILES string of the molecule is Nc1[nH]ncc1-c1cc(O)c(F)cc1F. The van der Waals surface area contributed by atoms with Gasteiger partial charge in [-0.15, -0.1) is 0 Å².